The zero-order chi connectivity index (χ0) is 12.3. The van der Waals surface area contributed by atoms with Crippen molar-refractivity contribution >= 4 is 29.4 Å². The van der Waals surface area contributed by atoms with Gasteiger partial charge in [-0.1, -0.05) is 11.6 Å². The third-order valence-electron chi connectivity index (χ3n) is 2.12. The zero-order valence-electron chi connectivity index (χ0n) is 8.98. The van der Waals surface area contributed by atoms with E-state index in [4.69, 9.17) is 17.3 Å². The number of rotatable bonds is 1. The molecule has 6 heteroatoms. The summed E-state index contributed by atoms with van der Waals surface area (Å²) in [5.74, 6) is 0. The molecule has 1 rings (SSSR count). The number of nitrogens with two attached hydrogens (primary N) is 1. The number of primary amides is 1. The van der Waals surface area contributed by atoms with E-state index < -0.39 is 12.1 Å². The van der Waals surface area contributed by atoms with E-state index in [1.54, 1.807) is 31.3 Å². The number of carbonyl (C=O) groups is 2. The summed E-state index contributed by atoms with van der Waals surface area (Å²) in [6.45, 7) is 0. The molecule has 0 aromatic heterocycles. The van der Waals surface area contributed by atoms with Crippen LogP contribution in [-0.4, -0.2) is 31.1 Å². The van der Waals surface area contributed by atoms with Crippen LogP contribution in [0.1, 0.15) is 0 Å². The molecule has 2 N–H and O–H groups in total. The van der Waals surface area contributed by atoms with Gasteiger partial charge in [0.1, 0.15) is 0 Å². The summed E-state index contributed by atoms with van der Waals surface area (Å²) in [5, 5.41) is 0.577. The summed E-state index contributed by atoms with van der Waals surface area (Å²) >= 11 is 5.72. The first-order chi connectivity index (χ1) is 7.43. The molecule has 0 aliphatic heterocycles. The van der Waals surface area contributed by atoms with Crippen molar-refractivity contribution in [1.82, 2.24) is 4.90 Å². The number of amides is 4. The highest BCUT2D eigenvalue weighted by molar-refractivity contribution is 6.30. The Morgan fingerprint density at radius 2 is 1.69 bits per heavy atom. The molecule has 0 fully saturated rings. The Bertz CT molecular complexity index is 405. The lowest BCUT2D eigenvalue weighted by molar-refractivity contribution is 0.205. The van der Waals surface area contributed by atoms with Crippen molar-refractivity contribution in [1.29, 1.82) is 0 Å². The minimum Gasteiger partial charge on any atom is -0.351 e. The highest BCUT2D eigenvalue weighted by atomic mass is 35.5. The quantitative estimate of drug-likeness (QED) is 0.816. The van der Waals surface area contributed by atoms with Crippen LogP contribution in [0.25, 0.3) is 0 Å². The summed E-state index contributed by atoms with van der Waals surface area (Å²) < 4.78 is 0. The van der Waals surface area contributed by atoms with Gasteiger partial charge >= 0.3 is 12.1 Å². The predicted molar refractivity (Wildman–Crippen MR) is 62.6 cm³/mol. The fourth-order valence-electron chi connectivity index (χ4n) is 1.09. The summed E-state index contributed by atoms with van der Waals surface area (Å²) in [5.41, 5.74) is 5.62. The van der Waals surface area contributed by atoms with Crippen molar-refractivity contribution in [3.8, 4) is 0 Å². The van der Waals surface area contributed by atoms with Crippen molar-refractivity contribution in [2.45, 2.75) is 0 Å². The van der Waals surface area contributed by atoms with Crippen LogP contribution in [0.3, 0.4) is 0 Å². The Morgan fingerprint density at radius 3 is 2.12 bits per heavy atom. The molecule has 1 aromatic carbocycles. The fourth-order valence-corrected chi connectivity index (χ4v) is 1.22. The molecule has 0 saturated carbocycles. The average molecular weight is 242 g/mol. The predicted octanol–water partition coefficient (Wildman–Crippen LogP) is 1.91. The number of halogens is 1. The molecule has 1 aromatic rings. The molecule has 0 radical (unpaired) electrons. The first-order valence-corrected chi connectivity index (χ1v) is 4.87. The van der Waals surface area contributed by atoms with Gasteiger partial charge in [-0.3, -0.25) is 4.90 Å². The van der Waals surface area contributed by atoms with Gasteiger partial charge in [-0.2, -0.15) is 0 Å². The summed E-state index contributed by atoms with van der Waals surface area (Å²) in [4.78, 5) is 24.6. The average Bonchev–Trinajstić information content (AvgIpc) is 2.27. The largest absolute Gasteiger partial charge is 0.351 e. The van der Waals surface area contributed by atoms with Crippen molar-refractivity contribution in [2.75, 3.05) is 19.0 Å². The van der Waals surface area contributed by atoms with Gasteiger partial charge in [-0.25, -0.2) is 14.5 Å². The molecule has 0 unspecified atom stereocenters. The summed E-state index contributed by atoms with van der Waals surface area (Å²) in [6, 6.07) is 5.36. The lowest BCUT2D eigenvalue weighted by Crippen LogP contribution is -2.44. The molecule has 0 spiro atoms. The van der Waals surface area contributed by atoms with Gasteiger partial charge in [0.15, 0.2) is 0 Å². The van der Waals surface area contributed by atoms with E-state index in [9.17, 15) is 9.59 Å². The van der Waals surface area contributed by atoms with Gasteiger partial charge in [-0.15, -0.1) is 0 Å². The Labute approximate surface area is 98.4 Å². The van der Waals surface area contributed by atoms with E-state index in [0.29, 0.717) is 10.7 Å². The minimum absolute atomic E-state index is 0.505. The monoisotopic (exact) mass is 241 g/mol. The highest BCUT2D eigenvalue weighted by Crippen LogP contribution is 2.17. The van der Waals surface area contributed by atoms with Crippen LogP contribution in [0, 0.1) is 0 Å². The molecular weight excluding hydrogens is 230 g/mol. The second-order valence-electron chi connectivity index (χ2n) is 3.22. The first kappa shape index (κ1) is 12.3. The van der Waals surface area contributed by atoms with Crippen LogP contribution in [0.15, 0.2) is 24.3 Å². The molecule has 5 nitrogen and oxygen atoms in total. The van der Waals surface area contributed by atoms with Crippen LogP contribution in [0.4, 0.5) is 15.3 Å². The molecule has 0 bridgehead atoms. The van der Waals surface area contributed by atoms with Crippen LogP contribution in [0.5, 0.6) is 0 Å². The molecule has 0 aliphatic carbocycles. The summed E-state index contributed by atoms with van der Waals surface area (Å²) in [7, 11) is 2.86. The van der Waals surface area contributed by atoms with Crippen molar-refractivity contribution in [2.24, 2.45) is 5.73 Å². The van der Waals surface area contributed by atoms with E-state index in [1.165, 1.54) is 11.9 Å². The van der Waals surface area contributed by atoms with Crippen LogP contribution in [0.2, 0.25) is 5.02 Å². The molecule has 0 heterocycles. The van der Waals surface area contributed by atoms with Crippen molar-refractivity contribution < 1.29 is 9.59 Å². The SMILES string of the molecule is CN(C(N)=O)C(=O)N(C)c1ccc(Cl)cc1. The van der Waals surface area contributed by atoms with Crippen molar-refractivity contribution in [3.05, 3.63) is 29.3 Å². The normalized spacial score (nSPS) is 9.69. The fraction of sp³-hybridized carbons (Fsp3) is 0.200. The second kappa shape index (κ2) is 4.85. The van der Waals surface area contributed by atoms with Gasteiger partial charge in [0, 0.05) is 24.8 Å². The number of nitrogens with zero attached hydrogens (tertiary/aromatic N) is 2. The van der Waals surface area contributed by atoms with Crippen LogP contribution < -0.4 is 10.6 Å². The number of benzene rings is 1. The van der Waals surface area contributed by atoms with Crippen molar-refractivity contribution in [3.63, 3.8) is 0 Å². The van der Waals surface area contributed by atoms with Gasteiger partial charge in [0.25, 0.3) is 0 Å². The molecule has 16 heavy (non-hydrogen) atoms. The Balaban J connectivity index is 2.85. The number of urea groups is 2. The molecule has 0 atom stereocenters. The smallest absolute Gasteiger partial charge is 0.332 e. The highest BCUT2D eigenvalue weighted by Gasteiger charge is 2.18. The third-order valence-corrected chi connectivity index (χ3v) is 2.37. The maximum Gasteiger partial charge on any atom is 0.332 e. The van der Waals surface area contributed by atoms with Gasteiger partial charge in [-0.05, 0) is 24.3 Å². The minimum atomic E-state index is -0.800. The zero-order valence-corrected chi connectivity index (χ0v) is 9.73. The molecule has 0 aliphatic rings. The molecular formula is C10H12ClN3O2. The van der Waals surface area contributed by atoms with E-state index in [0.717, 1.165) is 4.90 Å². The number of anilines is 1. The van der Waals surface area contributed by atoms with Gasteiger partial charge in [0.2, 0.25) is 0 Å². The second-order valence-corrected chi connectivity index (χ2v) is 3.65. The van der Waals surface area contributed by atoms with E-state index in [2.05, 4.69) is 0 Å². The van der Waals surface area contributed by atoms with Gasteiger partial charge in [0.05, 0.1) is 0 Å². The Hall–Kier alpha value is -1.75. The molecule has 86 valence electrons. The van der Waals surface area contributed by atoms with E-state index in [1.807, 2.05) is 0 Å². The van der Waals surface area contributed by atoms with E-state index >= 15 is 0 Å². The lowest BCUT2D eigenvalue weighted by Gasteiger charge is -2.22. The number of hydrogen-bond acceptors (Lipinski definition) is 2. The lowest BCUT2D eigenvalue weighted by atomic mass is 10.3. The maximum absolute atomic E-state index is 11.7. The molecule has 4 amide bonds. The van der Waals surface area contributed by atoms with Gasteiger partial charge < -0.3 is 5.73 Å². The maximum atomic E-state index is 11.7. The number of imide groups is 1. The Kier molecular flexibility index (Phi) is 3.73. The number of hydrogen-bond donors (Lipinski definition) is 1. The molecule has 0 saturated heterocycles. The Morgan fingerprint density at radius 1 is 1.19 bits per heavy atom. The topological polar surface area (TPSA) is 66.6 Å². The van der Waals surface area contributed by atoms with Crippen LogP contribution >= 0.6 is 11.6 Å². The standard InChI is InChI=1S/C10H12ClN3O2/c1-13(10(16)14(2)9(12)15)8-5-3-7(11)4-6-8/h3-6H,1-2H3,(H2,12,15). The van der Waals surface area contributed by atoms with E-state index in [-0.39, 0.29) is 0 Å². The van der Waals surface area contributed by atoms with Crippen LogP contribution in [-0.2, 0) is 0 Å². The first-order valence-electron chi connectivity index (χ1n) is 4.50. The number of carbonyl (C=O) groups excluding carboxylic acids is 2. The summed E-state index contributed by atoms with van der Waals surface area (Å²) in [6.07, 6.45) is 0. The third kappa shape index (κ3) is 2.64.